The van der Waals surface area contributed by atoms with Gasteiger partial charge < -0.3 is 15.1 Å². The van der Waals surface area contributed by atoms with E-state index in [9.17, 15) is 15.0 Å². The van der Waals surface area contributed by atoms with Crippen LogP contribution in [-0.4, -0.2) is 46.3 Å². The summed E-state index contributed by atoms with van der Waals surface area (Å²) in [6.45, 7) is 0.256. The predicted octanol–water partition coefficient (Wildman–Crippen LogP) is 1.28. The Morgan fingerprint density at radius 2 is 1.94 bits per heavy atom. The maximum atomic E-state index is 12.1. The molecule has 0 aromatic heterocycles. The van der Waals surface area contributed by atoms with Crippen LogP contribution in [0.4, 0.5) is 0 Å². The zero-order valence-corrected chi connectivity index (χ0v) is 11.1. The van der Waals surface area contributed by atoms with Crippen molar-refractivity contribution >= 4 is 33.4 Å². The van der Waals surface area contributed by atoms with E-state index in [1.807, 2.05) is 0 Å². The number of amides is 1. The van der Waals surface area contributed by atoms with E-state index >= 15 is 0 Å². The van der Waals surface area contributed by atoms with Crippen LogP contribution in [0.1, 0.15) is 10.4 Å². The molecule has 2 atom stereocenters. The first-order valence-electron chi connectivity index (χ1n) is 5.09. The zero-order chi connectivity index (χ0) is 12.6. The van der Waals surface area contributed by atoms with Crippen LogP contribution in [0.5, 0.6) is 0 Å². The number of hydrogen-bond acceptors (Lipinski definition) is 3. The van der Waals surface area contributed by atoms with Gasteiger partial charge in [-0.3, -0.25) is 4.79 Å². The normalized spacial score (nSPS) is 24.1. The molecule has 2 rings (SSSR count). The van der Waals surface area contributed by atoms with Gasteiger partial charge in [-0.15, -0.1) is 0 Å². The molecule has 1 amide bonds. The molecule has 0 saturated carbocycles. The summed E-state index contributed by atoms with van der Waals surface area (Å²) in [4.78, 5) is 13.5. The fourth-order valence-corrected chi connectivity index (χ4v) is 2.33. The Bertz CT molecular complexity index is 444. The molecule has 6 heteroatoms. The van der Waals surface area contributed by atoms with E-state index in [1.165, 1.54) is 4.90 Å². The standard InChI is InChI=1S/C11H11BrClNO3/c12-6-1-2-8(13)7(3-6)11(17)14-4-9(15)10(16)5-14/h1-3,9-10,15-16H,4-5H2/t9-,10+. The van der Waals surface area contributed by atoms with Gasteiger partial charge in [0.2, 0.25) is 0 Å². The van der Waals surface area contributed by atoms with Crippen molar-refractivity contribution in [2.75, 3.05) is 13.1 Å². The number of hydrogen-bond donors (Lipinski definition) is 2. The summed E-state index contributed by atoms with van der Waals surface area (Å²) in [6.07, 6.45) is -1.77. The number of nitrogens with zero attached hydrogens (tertiary/aromatic N) is 1. The minimum absolute atomic E-state index is 0.128. The quantitative estimate of drug-likeness (QED) is 0.819. The Kier molecular flexibility index (Phi) is 3.73. The first-order valence-corrected chi connectivity index (χ1v) is 6.26. The summed E-state index contributed by atoms with van der Waals surface area (Å²) >= 11 is 9.22. The summed E-state index contributed by atoms with van der Waals surface area (Å²) in [7, 11) is 0. The van der Waals surface area contributed by atoms with E-state index < -0.39 is 12.2 Å². The third kappa shape index (κ3) is 2.63. The monoisotopic (exact) mass is 319 g/mol. The number of halogens is 2. The van der Waals surface area contributed by atoms with Crippen LogP contribution in [-0.2, 0) is 0 Å². The highest BCUT2D eigenvalue weighted by molar-refractivity contribution is 9.10. The minimum atomic E-state index is -0.884. The van der Waals surface area contributed by atoms with Crippen LogP contribution in [0.3, 0.4) is 0 Å². The van der Waals surface area contributed by atoms with Gasteiger partial charge in [0, 0.05) is 17.6 Å². The maximum Gasteiger partial charge on any atom is 0.255 e. The smallest absolute Gasteiger partial charge is 0.255 e. The number of rotatable bonds is 1. The van der Waals surface area contributed by atoms with Crippen molar-refractivity contribution in [3.8, 4) is 0 Å². The summed E-state index contributed by atoms with van der Waals surface area (Å²) in [5.74, 6) is -0.285. The molecule has 2 N–H and O–H groups in total. The van der Waals surface area contributed by atoms with E-state index in [4.69, 9.17) is 11.6 Å². The molecule has 4 nitrogen and oxygen atoms in total. The topological polar surface area (TPSA) is 60.8 Å². The number of carbonyl (C=O) groups excluding carboxylic acids is 1. The number of aliphatic hydroxyl groups is 2. The average molecular weight is 321 g/mol. The van der Waals surface area contributed by atoms with Crippen molar-refractivity contribution in [2.45, 2.75) is 12.2 Å². The summed E-state index contributed by atoms with van der Waals surface area (Å²) in [5, 5.41) is 19.2. The highest BCUT2D eigenvalue weighted by Crippen LogP contribution is 2.24. The van der Waals surface area contributed by atoms with Crippen LogP contribution >= 0.6 is 27.5 Å². The fourth-order valence-electron chi connectivity index (χ4n) is 1.77. The van der Waals surface area contributed by atoms with Crippen LogP contribution in [0, 0.1) is 0 Å². The molecule has 1 heterocycles. The average Bonchev–Trinajstić information content (AvgIpc) is 2.62. The highest BCUT2D eigenvalue weighted by atomic mass is 79.9. The molecule has 92 valence electrons. The lowest BCUT2D eigenvalue weighted by Crippen LogP contribution is -2.30. The minimum Gasteiger partial charge on any atom is -0.388 e. The van der Waals surface area contributed by atoms with Crippen molar-refractivity contribution in [3.05, 3.63) is 33.3 Å². The summed E-state index contributed by atoms with van der Waals surface area (Å²) in [5.41, 5.74) is 0.363. The van der Waals surface area contributed by atoms with Crippen LogP contribution in [0.25, 0.3) is 0 Å². The molecular weight excluding hydrogens is 309 g/mol. The lowest BCUT2D eigenvalue weighted by molar-refractivity contribution is 0.0572. The van der Waals surface area contributed by atoms with Gasteiger partial charge in [0.25, 0.3) is 5.91 Å². The highest BCUT2D eigenvalue weighted by Gasteiger charge is 2.33. The number of carbonyl (C=O) groups is 1. The van der Waals surface area contributed by atoms with Gasteiger partial charge in [-0.25, -0.2) is 0 Å². The molecule has 1 aromatic rings. The van der Waals surface area contributed by atoms with Gasteiger partial charge in [0.15, 0.2) is 0 Å². The molecule has 1 aliphatic heterocycles. The van der Waals surface area contributed by atoms with Crippen molar-refractivity contribution in [2.24, 2.45) is 0 Å². The lowest BCUT2D eigenvalue weighted by atomic mass is 10.2. The van der Waals surface area contributed by atoms with Crippen molar-refractivity contribution < 1.29 is 15.0 Å². The van der Waals surface area contributed by atoms with E-state index in [1.54, 1.807) is 18.2 Å². The van der Waals surface area contributed by atoms with Crippen LogP contribution in [0.2, 0.25) is 5.02 Å². The first kappa shape index (κ1) is 12.8. The third-order valence-electron chi connectivity index (χ3n) is 2.71. The molecule has 0 spiro atoms. The molecule has 1 aliphatic rings. The molecule has 1 aromatic carbocycles. The van der Waals surface area contributed by atoms with E-state index in [0.29, 0.717) is 10.6 Å². The Morgan fingerprint density at radius 3 is 2.53 bits per heavy atom. The van der Waals surface area contributed by atoms with Gasteiger partial charge in [0.1, 0.15) is 0 Å². The molecule has 0 bridgehead atoms. The van der Waals surface area contributed by atoms with Crippen molar-refractivity contribution in [1.29, 1.82) is 0 Å². The molecule has 0 radical (unpaired) electrons. The number of aliphatic hydroxyl groups excluding tert-OH is 2. The third-order valence-corrected chi connectivity index (χ3v) is 3.53. The van der Waals surface area contributed by atoms with Gasteiger partial charge in [-0.2, -0.15) is 0 Å². The Labute approximate surface area is 112 Å². The van der Waals surface area contributed by atoms with Gasteiger partial charge in [0.05, 0.1) is 22.8 Å². The molecular formula is C11H11BrClNO3. The zero-order valence-electron chi connectivity index (χ0n) is 8.81. The first-order chi connectivity index (χ1) is 7.99. The molecule has 1 saturated heterocycles. The van der Waals surface area contributed by atoms with E-state index in [2.05, 4.69) is 15.9 Å². The fraction of sp³-hybridized carbons (Fsp3) is 0.364. The second kappa shape index (κ2) is 4.94. The Hall–Kier alpha value is -0.620. The second-order valence-electron chi connectivity index (χ2n) is 3.97. The number of benzene rings is 1. The van der Waals surface area contributed by atoms with E-state index in [0.717, 1.165) is 4.47 Å². The van der Waals surface area contributed by atoms with Gasteiger partial charge in [-0.1, -0.05) is 27.5 Å². The summed E-state index contributed by atoms with van der Waals surface area (Å²) < 4.78 is 0.755. The lowest BCUT2D eigenvalue weighted by Gasteiger charge is -2.16. The Morgan fingerprint density at radius 1 is 1.35 bits per heavy atom. The van der Waals surface area contributed by atoms with Crippen LogP contribution < -0.4 is 0 Å². The second-order valence-corrected chi connectivity index (χ2v) is 5.29. The predicted molar refractivity (Wildman–Crippen MR) is 67.1 cm³/mol. The maximum absolute atomic E-state index is 12.1. The summed E-state index contributed by atoms with van der Waals surface area (Å²) in [6, 6.07) is 5.00. The van der Waals surface area contributed by atoms with Gasteiger partial charge >= 0.3 is 0 Å². The molecule has 0 unspecified atom stereocenters. The largest absolute Gasteiger partial charge is 0.388 e. The number of β-amino-alcohol motifs (C(OH)–C–C–N with tert-alkyl or cyclic N) is 2. The van der Waals surface area contributed by atoms with E-state index in [-0.39, 0.29) is 19.0 Å². The Balaban J connectivity index is 2.23. The SMILES string of the molecule is O=C(c1cc(Br)ccc1Cl)N1C[C@@H](O)[C@@H](O)C1. The van der Waals surface area contributed by atoms with Crippen molar-refractivity contribution in [3.63, 3.8) is 0 Å². The molecule has 0 aliphatic carbocycles. The van der Waals surface area contributed by atoms with Crippen LogP contribution in [0.15, 0.2) is 22.7 Å². The molecule has 17 heavy (non-hydrogen) atoms. The van der Waals surface area contributed by atoms with Gasteiger partial charge in [-0.05, 0) is 18.2 Å². The molecule has 1 fully saturated rings. The van der Waals surface area contributed by atoms with Crippen molar-refractivity contribution in [1.82, 2.24) is 4.90 Å². The number of likely N-dealkylation sites (tertiary alicyclic amines) is 1.